The number of hydrogen-bond acceptors (Lipinski definition) is 9. The molecule has 4 heterocycles. The summed E-state index contributed by atoms with van der Waals surface area (Å²) in [6.07, 6.45) is 2.09. The fourth-order valence-electron chi connectivity index (χ4n) is 2.89. The van der Waals surface area contributed by atoms with Gasteiger partial charge in [0.05, 0.1) is 31.4 Å². The Kier molecular flexibility index (Phi) is 5.42. The van der Waals surface area contributed by atoms with Crippen molar-refractivity contribution in [3.63, 3.8) is 0 Å². The molecule has 4 rings (SSSR count). The Morgan fingerprint density at radius 2 is 2.21 bits per heavy atom. The number of hydrogen-bond donors (Lipinski definition) is 1. The molecule has 14 heteroatoms. The van der Waals surface area contributed by atoms with Crippen LogP contribution in [0.3, 0.4) is 0 Å². The van der Waals surface area contributed by atoms with Crippen LogP contribution in [-0.2, 0) is 14.8 Å². The molecule has 1 fully saturated rings. The highest BCUT2D eigenvalue weighted by Crippen LogP contribution is 2.27. The van der Waals surface area contributed by atoms with Gasteiger partial charge in [-0.15, -0.1) is 0 Å². The summed E-state index contributed by atoms with van der Waals surface area (Å²) >= 11 is 1.16. The summed E-state index contributed by atoms with van der Waals surface area (Å²) in [7, 11) is -3.30. The van der Waals surface area contributed by atoms with Gasteiger partial charge in [-0.25, -0.2) is 31.9 Å². The minimum Gasteiger partial charge on any atom is -0.373 e. The third-order valence-electron chi connectivity index (χ3n) is 4.27. The minimum absolute atomic E-state index is 0.164. The van der Waals surface area contributed by atoms with Crippen molar-refractivity contribution in [3.8, 4) is 11.5 Å². The van der Waals surface area contributed by atoms with Crippen LogP contribution in [0, 0.1) is 0 Å². The average molecular weight is 445 g/mol. The predicted molar refractivity (Wildman–Crippen MR) is 102 cm³/mol. The first kappa shape index (κ1) is 20.0. The summed E-state index contributed by atoms with van der Waals surface area (Å²) in [5, 5.41) is 0.630. The van der Waals surface area contributed by atoms with E-state index < -0.39 is 16.4 Å². The Hall–Kier alpha value is -2.29. The Morgan fingerprint density at radius 1 is 1.38 bits per heavy atom. The van der Waals surface area contributed by atoms with E-state index in [1.165, 1.54) is 23.0 Å². The number of anilines is 1. The number of fused-ring (bicyclic) bond motifs is 1. The third kappa shape index (κ3) is 4.49. The number of ether oxygens (including phenoxy) is 1. The molecule has 0 spiro atoms. The number of halogens is 2. The van der Waals surface area contributed by atoms with Crippen LogP contribution in [-0.4, -0.2) is 70.7 Å². The average Bonchev–Trinajstić information content (AvgIpc) is 3.32. The van der Waals surface area contributed by atoms with E-state index in [4.69, 9.17) is 4.74 Å². The Balaban J connectivity index is 1.54. The maximum absolute atomic E-state index is 13.0. The van der Waals surface area contributed by atoms with E-state index in [1.807, 2.05) is 4.90 Å². The van der Waals surface area contributed by atoms with E-state index in [2.05, 4.69) is 24.0 Å². The van der Waals surface area contributed by atoms with Gasteiger partial charge in [0.2, 0.25) is 15.2 Å². The second kappa shape index (κ2) is 7.85. The lowest BCUT2D eigenvalue weighted by atomic mass is 10.3. The van der Waals surface area contributed by atoms with Gasteiger partial charge in [0.1, 0.15) is 11.4 Å². The summed E-state index contributed by atoms with van der Waals surface area (Å²) in [5.41, 5.74) is 0.538. The largest absolute Gasteiger partial charge is 0.373 e. The molecule has 1 unspecified atom stereocenters. The van der Waals surface area contributed by atoms with Crippen LogP contribution in [0.5, 0.6) is 0 Å². The number of nitrogens with zero attached hydrogens (tertiary/aromatic N) is 6. The van der Waals surface area contributed by atoms with Gasteiger partial charge in [-0.2, -0.15) is 9.36 Å². The van der Waals surface area contributed by atoms with E-state index in [0.29, 0.717) is 42.0 Å². The van der Waals surface area contributed by atoms with Gasteiger partial charge in [-0.05, 0) is 0 Å². The van der Waals surface area contributed by atoms with Gasteiger partial charge in [-0.3, -0.25) is 4.40 Å². The van der Waals surface area contributed by atoms with Gasteiger partial charge in [0.25, 0.3) is 6.43 Å². The molecular weight excluding hydrogens is 428 g/mol. The summed E-state index contributed by atoms with van der Waals surface area (Å²) < 4.78 is 62.3. The number of nitrogens with one attached hydrogen (secondary N) is 1. The van der Waals surface area contributed by atoms with Crippen molar-refractivity contribution in [3.05, 3.63) is 24.3 Å². The van der Waals surface area contributed by atoms with Crippen molar-refractivity contribution in [2.75, 3.05) is 37.4 Å². The molecular formula is C15H17F2N7O3S2. The highest BCUT2D eigenvalue weighted by molar-refractivity contribution is 7.88. The summed E-state index contributed by atoms with van der Waals surface area (Å²) in [6, 6.07) is 0. The smallest absolute Gasteiger partial charge is 0.281 e. The topological polar surface area (TPSA) is 115 Å². The van der Waals surface area contributed by atoms with Crippen LogP contribution in [0.1, 0.15) is 12.1 Å². The van der Waals surface area contributed by atoms with Gasteiger partial charge < -0.3 is 9.64 Å². The first-order chi connectivity index (χ1) is 13.8. The van der Waals surface area contributed by atoms with E-state index in [-0.39, 0.29) is 18.3 Å². The molecule has 0 aromatic carbocycles. The lowest BCUT2D eigenvalue weighted by molar-refractivity contribution is 0.0442. The van der Waals surface area contributed by atoms with Crippen molar-refractivity contribution in [1.29, 1.82) is 0 Å². The van der Waals surface area contributed by atoms with Gasteiger partial charge >= 0.3 is 0 Å². The standard InChI is InChI=1S/C15H17F2N7O3S2/c1-29(25,26)20-4-9-7-23(2-3-27-9)15-21-14(22-28-15)11-5-19-12-6-18-10(13(16)17)8-24(11)12/h5-6,8-9,13,20H,2-4,7H2,1H3. The zero-order chi connectivity index (χ0) is 20.6. The quantitative estimate of drug-likeness (QED) is 0.596. The summed E-state index contributed by atoms with van der Waals surface area (Å²) in [5.74, 6) is 0.362. The summed E-state index contributed by atoms with van der Waals surface area (Å²) in [4.78, 5) is 14.3. The molecule has 1 atom stereocenters. The van der Waals surface area contributed by atoms with Gasteiger partial charge in [0, 0.05) is 37.4 Å². The lowest BCUT2D eigenvalue weighted by Gasteiger charge is -2.32. The normalized spacial score (nSPS) is 18.1. The lowest BCUT2D eigenvalue weighted by Crippen LogP contribution is -2.47. The van der Waals surface area contributed by atoms with Crippen molar-refractivity contribution in [1.82, 2.24) is 28.4 Å². The van der Waals surface area contributed by atoms with Crippen molar-refractivity contribution in [2.24, 2.45) is 0 Å². The van der Waals surface area contributed by atoms with Crippen LogP contribution in [0.4, 0.5) is 13.9 Å². The van der Waals surface area contributed by atoms with E-state index in [9.17, 15) is 17.2 Å². The fraction of sp³-hybridized carbons (Fsp3) is 0.467. The van der Waals surface area contributed by atoms with Crippen LogP contribution in [0.25, 0.3) is 17.2 Å². The molecule has 0 saturated carbocycles. The van der Waals surface area contributed by atoms with Crippen LogP contribution < -0.4 is 9.62 Å². The molecule has 0 bridgehead atoms. The Labute approximate surface area is 168 Å². The number of sulfonamides is 1. The number of imidazole rings is 1. The molecule has 1 aliphatic heterocycles. The predicted octanol–water partition coefficient (Wildman–Crippen LogP) is 0.940. The van der Waals surface area contributed by atoms with Crippen LogP contribution in [0.15, 0.2) is 18.6 Å². The molecule has 1 aliphatic rings. The number of alkyl halides is 2. The molecule has 1 N–H and O–H groups in total. The number of morpholine rings is 1. The molecule has 156 valence electrons. The molecule has 3 aromatic heterocycles. The maximum Gasteiger partial charge on any atom is 0.281 e. The highest BCUT2D eigenvalue weighted by Gasteiger charge is 2.25. The molecule has 3 aromatic rings. The monoisotopic (exact) mass is 445 g/mol. The first-order valence-electron chi connectivity index (χ1n) is 8.56. The molecule has 1 saturated heterocycles. The number of aromatic nitrogens is 5. The fourth-order valence-corrected chi connectivity index (χ4v) is 4.09. The zero-order valence-electron chi connectivity index (χ0n) is 15.2. The van der Waals surface area contributed by atoms with Gasteiger partial charge in [-0.1, -0.05) is 0 Å². The highest BCUT2D eigenvalue weighted by atomic mass is 32.2. The van der Waals surface area contributed by atoms with E-state index in [0.717, 1.165) is 17.8 Å². The second-order valence-corrected chi connectivity index (χ2v) is 9.01. The second-order valence-electron chi connectivity index (χ2n) is 6.44. The molecule has 0 amide bonds. The minimum atomic E-state index is -3.30. The van der Waals surface area contributed by atoms with E-state index in [1.54, 1.807) is 0 Å². The van der Waals surface area contributed by atoms with Crippen molar-refractivity contribution >= 4 is 32.3 Å². The Bertz CT molecular complexity index is 1120. The first-order valence-corrected chi connectivity index (χ1v) is 11.2. The molecule has 29 heavy (non-hydrogen) atoms. The molecule has 0 aliphatic carbocycles. The van der Waals surface area contributed by atoms with E-state index >= 15 is 0 Å². The van der Waals surface area contributed by atoms with Crippen molar-refractivity contribution < 1.29 is 21.9 Å². The zero-order valence-corrected chi connectivity index (χ0v) is 16.8. The van der Waals surface area contributed by atoms with Crippen LogP contribution in [0.2, 0.25) is 0 Å². The SMILES string of the molecule is CS(=O)(=O)NCC1CN(c2nc(-c3cnc4cnc(C(F)F)cn34)ns2)CCO1. The van der Waals surface area contributed by atoms with Gasteiger partial charge in [0.15, 0.2) is 11.5 Å². The van der Waals surface area contributed by atoms with Crippen molar-refractivity contribution in [2.45, 2.75) is 12.5 Å². The summed E-state index contributed by atoms with van der Waals surface area (Å²) in [6.45, 7) is 1.61. The third-order valence-corrected chi connectivity index (χ3v) is 5.73. The Morgan fingerprint density at radius 3 is 2.97 bits per heavy atom. The molecule has 0 radical (unpaired) electrons. The molecule has 10 nitrogen and oxygen atoms in total. The van der Waals surface area contributed by atoms with Crippen LogP contribution >= 0.6 is 11.5 Å². The number of rotatable bonds is 6. The maximum atomic E-state index is 13.0.